The predicted octanol–water partition coefficient (Wildman–Crippen LogP) is 1.36. The number of aryl methyl sites for hydroxylation is 1. The van der Waals surface area contributed by atoms with E-state index < -0.39 is 31.7 Å². The molecule has 5 N–H and O–H groups in total. The number of aromatic nitrogens is 5. The highest BCUT2D eigenvalue weighted by molar-refractivity contribution is 7.51. The summed E-state index contributed by atoms with van der Waals surface area (Å²) in [6.07, 6.45) is 2.35. The van der Waals surface area contributed by atoms with Gasteiger partial charge in [-0.3, -0.25) is 14.3 Å². The number of carboxylic acids is 1. The van der Waals surface area contributed by atoms with Crippen molar-refractivity contribution in [3.63, 3.8) is 0 Å². The Morgan fingerprint density at radius 1 is 1.21 bits per heavy atom. The van der Waals surface area contributed by atoms with Crippen molar-refractivity contribution in [2.45, 2.75) is 18.9 Å². The third-order valence-corrected chi connectivity index (χ3v) is 6.14. The molecule has 1 amide bonds. The molecule has 12 nitrogen and oxygen atoms in total. The van der Waals surface area contributed by atoms with Gasteiger partial charge in [0.1, 0.15) is 17.7 Å². The van der Waals surface area contributed by atoms with Gasteiger partial charge in [0.25, 0.3) is 5.91 Å². The Balaban J connectivity index is 1.63. The molecule has 0 saturated carbocycles. The van der Waals surface area contributed by atoms with Gasteiger partial charge in [-0.1, -0.05) is 0 Å². The number of hydrogen-bond acceptors (Lipinski definition) is 6. The molecule has 4 aromatic rings. The number of hydrogen-bond donors (Lipinski definition) is 5. The second-order valence-electron chi connectivity index (χ2n) is 7.68. The van der Waals surface area contributed by atoms with Crippen molar-refractivity contribution in [3.05, 3.63) is 53.9 Å². The van der Waals surface area contributed by atoms with Crippen LogP contribution in [0.25, 0.3) is 22.1 Å². The fourth-order valence-corrected chi connectivity index (χ4v) is 4.33. The lowest BCUT2D eigenvalue weighted by molar-refractivity contribution is -0.138. The predicted molar refractivity (Wildman–Crippen MR) is 118 cm³/mol. The van der Waals surface area contributed by atoms with Crippen molar-refractivity contribution >= 4 is 41.5 Å². The molecule has 1 aromatic carbocycles. The van der Waals surface area contributed by atoms with Crippen LogP contribution >= 0.6 is 7.60 Å². The maximum atomic E-state index is 12.6. The molecule has 13 heteroatoms. The highest BCUT2D eigenvalue weighted by atomic mass is 31.2. The lowest BCUT2D eigenvalue weighted by Crippen LogP contribution is -2.43. The Kier molecular flexibility index (Phi) is 5.75. The summed E-state index contributed by atoms with van der Waals surface area (Å²) >= 11 is 0. The smallest absolute Gasteiger partial charge is 0.328 e. The van der Waals surface area contributed by atoms with Crippen LogP contribution in [-0.4, -0.2) is 63.5 Å². The Labute approximate surface area is 186 Å². The third kappa shape index (κ3) is 4.63. The summed E-state index contributed by atoms with van der Waals surface area (Å²) in [6, 6.07) is 4.73. The molecule has 0 bridgehead atoms. The van der Waals surface area contributed by atoms with Gasteiger partial charge < -0.3 is 29.8 Å². The van der Waals surface area contributed by atoms with Crippen LogP contribution in [0.2, 0.25) is 0 Å². The number of pyridine rings is 1. The van der Waals surface area contributed by atoms with Crippen molar-refractivity contribution in [1.29, 1.82) is 0 Å². The number of amides is 1. The zero-order valence-electron chi connectivity index (χ0n) is 17.6. The van der Waals surface area contributed by atoms with E-state index in [1.807, 2.05) is 11.5 Å². The van der Waals surface area contributed by atoms with E-state index in [1.165, 1.54) is 6.07 Å². The average molecular weight is 472 g/mol. The number of imidazole rings is 2. The first-order valence-electron chi connectivity index (χ1n) is 9.87. The van der Waals surface area contributed by atoms with Crippen LogP contribution in [0.5, 0.6) is 0 Å². The van der Waals surface area contributed by atoms with Crippen LogP contribution in [-0.2, 0) is 16.4 Å². The number of aliphatic carboxylic acids is 1. The van der Waals surface area contributed by atoms with Crippen molar-refractivity contribution in [3.8, 4) is 0 Å². The molecule has 33 heavy (non-hydrogen) atoms. The molecular formula is C20H21N6O6P. The molecular weight excluding hydrogens is 451 g/mol. The van der Waals surface area contributed by atoms with E-state index in [0.717, 1.165) is 11.0 Å². The molecule has 0 aliphatic rings. The van der Waals surface area contributed by atoms with E-state index in [0.29, 0.717) is 22.7 Å². The van der Waals surface area contributed by atoms with E-state index in [1.54, 1.807) is 37.6 Å². The minimum Gasteiger partial charge on any atom is -0.480 e. The van der Waals surface area contributed by atoms with Gasteiger partial charge in [0.2, 0.25) is 0 Å². The maximum Gasteiger partial charge on any atom is 0.328 e. The average Bonchev–Trinajstić information content (AvgIpc) is 3.33. The number of nitrogens with zero attached hydrogens (tertiary/aromatic N) is 4. The van der Waals surface area contributed by atoms with Gasteiger partial charge >= 0.3 is 13.6 Å². The van der Waals surface area contributed by atoms with Crippen LogP contribution in [0.3, 0.4) is 0 Å². The first-order chi connectivity index (χ1) is 15.5. The number of rotatable bonds is 7. The van der Waals surface area contributed by atoms with Gasteiger partial charge in [0, 0.05) is 18.8 Å². The summed E-state index contributed by atoms with van der Waals surface area (Å²) in [6.45, 7) is 1.94. The Morgan fingerprint density at radius 3 is 2.64 bits per heavy atom. The second kappa shape index (κ2) is 8.39. The van der Waals surface area contributed by atoms with Gasteiger partial charge in [-0.05, 0) is 31.2 Å². The fourth-order valence-electron chi connectivity index (χ4n) is 3.61. The number of carbonyl (C=O) groups is 2. The standard InChI is InChI=1S/C20H21N6O6P/c1-10(17-22-12-5-6-21-8-14(12)23-17)18-24-13-4-3-11(7-16(13)26(18)2)19(27)25-15(20(28)29)9-33(30,31)32/h3-8,10,15H,9H2,1-2H3,(H,22,23)(H,25,27)(H,28,29)(H2,30,31,32). The summed E-state index contributed by atoms with van der Waals surface area (Å²) in [5, 5.41) is 11.4. The van der Waals surface area contributed by atoms with E-state index >= 15 is 0 Å². The van der Waals surface area contributed by atoms with E-state index in [-0.39, 0.29) is 11.5 Å². The lowest BCUT2D eigenvalue weighted by atomic mass is 10.1. The molecule has 0 spiro atoms. The molecule has 2 atom stereocenters. The number of fused-ring (bicyclic) bond motifs is 2. The molecule has 3 aromatic heterocycles. The van der Waals surface area contributed by atoms with Gasteiger partial charge in [-0.15, -0.1) is 0 Å². The first-order valence-corrected chi connectivity index (χ1v) is 11.7. The number of nitrogens with one attached hydrogen (secondary N) is 2. The molecule has 0 fully saturated rings. The van der Waals surface area contributed by atoms with Gasteiger partial charge in [0.05, 0.1) is 40.3 Å². The number of carboxylic acid groups (broad SMARTS) is 1. The molecule has 0 radical (unpaired) electrons. The maximum absolute atomic E-state index is 12.6. The topological polar surface area (TPSA) is 183 Å². The summed E-state index contributed by atoms with van der Waals surface area (Å²) in [4.78, 5) is 58.6. The Morgan fingerprint density at radius 2 is 1.97 bits per heavy atom. The van der Waals surface area contributed by atoms with Gasteiger partial charge in [-0.25, -0.2) is 14.8 Å². The SMILES string of the molecule is CC(c1nc2ccncc2[nH]1)c1nc2ccc(C(=O)NC(CP(=O)(O)O)C(=O)O)cc2n1C. The first kappa shape index (κ1) is 22.6. The lowest BCUT2D eigenvalue weighted by Gasteiger charge is -2.15. The number of aromatic amines is 1. The Hall–Kier alpha value is -3.60. The minimum atomic E-state index is -4.64. The second-order valence-corrected chi connectivity index (χ2v) is 9.38. The fraction of sp³-hybridized carbons (Fsp3) is 0.250. The highest BCUT2D eigenvalue weighted by Gasteiger charge is 2.29. The minimum absolute atomic E-state index is 0.136. The van der Waals surface area contributed by atoms with E-state index in [4.69, 9.17) is 9.79 Å². The molecule has 172 valence electrons. The molecule has 0 saturated heterocycles. The van der Waals surface area contributed by atoms with Crippen LogP contribution in [0, 0.1) is 0 Å². The van der Waals surface area contributed by atoms with E-state index in [9.17, 15) is 19.3 Å². The van der Waals surface area contributed by atoms with Crippen molar-refractivity contribution in [2.24, 2.45) is 7.05 Å². The monoisotopic (exact) mass is 472 g/mol. The van der Waals surface area contributed by atoms with Crippen LogP contribution in [0.1, 0.15) is 34.8 Å². The highest BCUT2D eigenvalue weighted by Crippen LogP contribution is 2.35. The summed E-state index contributed by atoms with van der Waals surface area (Å²) < 4.78 is 13.0. The van der Waals surface area contributed by atoms with Crippen molar-refractivity contribution < 1.29 is 29.0 Å². The number of carbonyl (C=O) groups excluding carboxylic acids is 1. The summed E-state index contributed by atoms with van der Waals surface area (Å²) in [7, 11) is -2.85. The zero-order chi connectivity index (χ0) is 23.9. The normalized spacial score (nSPS) is 13.8. The largest absolute Gasteiger partial charge is 0.480 e. The summed E-state index contributed by atoms with van der Waals surface area (Å²) in [5.74, 6) is -1.11. The number of benzene rings is 1. The Bertz CT molecular complexity index is 1390. The van der Waals surface area contributed by atoms with Crippen molar-refractivity contribution in [2.75, 3.05) is 6.16 Å². The van der Waals surface area contributed by atoms with Crippen LogP contribution < -0.4 is 5.32 Å². The molecule has 0 aliphatic heterocycles. The zero-order valence-corrected chi connectivity index (χ0v) is 18.5. The third-order valence-electron chi connectivity index (χ3n) is 5.30. The van der Waals surface area contributed by atoms with Crippen LogP contribution in [0.15, 0.2) is 36.7 Å². The molecule has 4 rings (SSSR count). The summed E-state index contributed by atoms with van der Waals surface area (Å²) in [5.41, 5.74) is 2.98. The van der Waals surface area contributed by atoms with E-state index in [2.05, 4.69) is 25.3 Å². The van der Waals surface area contributed by atoms with Gasteiger partial charge in [0.15, 0.2) is 0 Å². The van der Waals surface area contributed by atoms with Crippen LogP contribution in [0.4, 0.5) is 0 Å². The van der Waals surface area contributed by atoms with Gasteiger partial charge in [-0.2, -0.15) is 0 Å². The number of H-pyrrole nitrogens is 1. The molecule has 3 heterocycles. The molecule has 0 aliphatic carbocycles. The quantitative estimate of drug-likeness (QED) is 0.248. The van der Waals surface area contributed by atoms with Crippen molar-refractivity contribution in [1.82, 2.24) is 29.8 Å². The molecule has 2 unspecified atom stereocenters.